The molecule has 5 N–H and O–H groups in total. The van der Waals surface area contributed by atoms with Crippen molar-refractivity contribution in [3.05, 3.63) is 115 Å². The van der Waals surface area contributed by atoms with Crippen LogP contribution in [-0.4, -0.2) is 155 Å². The highest BCUT2D eigenvalue weighted by Gasteiger charge is 2.45. The summed E-state index contributed by atoms with van der Waals surface area (Å²) in [5.41, 5.74) is 5.08. The first-order valence-corrected chi connectivity index (χ1v) is 26.2. The second-order valence-electron chi connectivity index (χ2n) is 20.1. The van der Waals surface area contributed by atoms with Gasteiger partial charge < -0.3 is 50.1 Å². The molecule has 412 valence electrons. The zero-order valence-corrected chi connectivity index (χ0v) is 44.8. The maximum Gasteiger partial charge on any atom is 0.249 e. The van der Waals surface area contributed by atoms with Gasteiger partial charge in [0, 0.05) is 71.4 Å². The number of ether oxygens (including phenoxy) is 4. The lowest BCUT2D eigenvalue weighted by atomic mass is 9.85. The molecule has 0 bridgehead atoms. The molecule has 0 radical (unpaired) electrons. The Morgan fingerprint density at radius 2 is 1.49 bits per heavy atom. The Morgan fingerprint density at radius 3 is 2.17 bits per heavy atom. The highest BCUT2D eigenvalue weighted by Crippen LogP contribution is 2.32. The van der Waals surface area contributed by atoms with Crippen LogP contribution in [0.3, 0.4) is 0 Å². The van der Waals surface area contributed by atoms with Crippen LogP contribution in [0, 0.1) is 11.2 Å². The van der Waals surface area contributed by atoms with E-state index in [2.05, 4.69) is 41.4 Å². The first-order chi connectivity index (χ1) is 37.1. The lowest BCUT2D eigenvalue weighted by Gasteiger charge is -2.36. The minimum absolute atomic E-state index is 0.0652. The van der Waals surface area contributed by atoms with Crippen molar-refractivity contribution in [2.75, 3.05) is 66.4 Å². The van der Waals surface area contributed by atoms with Crippen LogP contribution in [0.5, 0.6) is 0 Å². The highest BCUT2D eigenvalue weighted by molar-refractivity contribution is 5.96. The smallest absolute Gasteiger partial charge is 0.249 e. The summed E-state index contributed by atoms with van der Waals surface area (Å²) in [6.07, 6.45) is 11.6. The molecule has 1 aliphatic heterocycles. The molecule has 5 atom stereocenters. The van der Waals surface area contributed by atoms with E-state index in [4.69, 9.17) is 18.9 Å². The van der Waals surface area contributed by atoms with Crippen molar-refractivity contribution in [3.63, 3.8) is 0 Å². The van der Waals surface area contributed by atoms with Gasteiger partial charge in [-0.2, -0.15) is 10.2 Å². The third-order valence-electron chi connectivity index (χ3n) is 13.3. The van der Waals surface area contributed by atoms with Crippen molar-refractivity contribution in [3.8, 4) is 22.3 Å². The molecule has 4 aromatic heterocycles. The van der Waals surface area contributed by atoms with Crippen molar-refractivity contribution in [1.29, 1.82) is 0 Å². The maximum absolute atomic E-state index is 14.3. The number of likely N-dealkylation sites (tertiary alicyclic amines) is 1. The predicted octanol–water partition coefficient (Wildman–Crippen LogP) is 5.46. The van der Waals surface area contributed by atoms with Gasteiger partial charge in [-0.05, 0) is 61.6 Å². The number of pyridine rings is 1. The number of halogens is 1. The summed E-state index contributed by atoms with van der Waals surface area (Å²) in [5.74, 6) is -1.86. The number of hydrogen-bond donors (Lipinski definition) is 5. The average molecular weight is 1060 g/mol. The van der Waals surface area contributed by atoms with Crippen LogP contribution in [0.25, 0.3) is 33.3 Å². The Balaban J connectivity index is 0.760. The minimum atomic E-state index is -0.926. The molecule has 2 aromatic carbocycles. The molecule has 20 nitrogen and oxygen atoms in total. The van der Waals surface area contributed by atoms with Gasteiger partial charge in [-0.25, -0.2) is 14.1 Å². The van der Waals surface area contributed by atoms with Gasteiger partial charge in [0.1, 0.15) is 23.5 Å². The zero-order valence-electron chi connectivity index (χ0n) is 44.8. The topological polar surface area (TPSA) is 238 Å². The van der Waals surface area contributed by atoms with Crippen LogP contribution in [0.2, 0.25) is 0 Å². The fourth-order valence-corrected chi connectivity index (χ4v) is 8.94. The fourth-order valence-electron chi connectivity index (χ4n) is 8.94. The maximum atomic E-state index is 14.3. The molecular weight excluding hydrogens is 990 g/mol. The molecule has 0 unspecified atom stereocenters. The number of H-pyrrole nitrogens is 1. The second-order valence-corrected chi connectivity index (χ2v) is 20.1. The average Bonchev–Trinajstić information content (AvgIpc) is 4.28. The summed E-state index contributed by atoms with van der Waals surface area (Å²) in [4.78, 5) is 76.6. The monoisotopic (exact) mass is 1060 g/mol. The molecule has 77 heavy (non-hydrogen) atoms. The first-order valence-electron chi connectivity index (χ1n) is 26.2. The first kappa shape index (κ1) is 57.5. The molecule has 0 aliphatic carbocycles. The molecular formula is C56H72FN11O9. The van der Waals surface area contributed by atoms with Gasteiger partial charge in [0.25, 0.3) is 0 Å². The van der Waals surface area contributed by atoms with Gasteiger partial charge >= 0.3 is 0 Å². The van der Waals surface area contributed by atoms with Crippen molar-refractivity contribution >= 4 is 40.6 Å². The Kier molecular flexibility index (Phi) is 20.7. The van der Waals surface area contributed by atoms with E-state index in [1.807, 2.05) is 82.6 Å². The molecule has 1 fully saturated rings. The van der Waals surface area contributed by atoms with Crippen molar-refractivity contribution < 1.29 is 47.3 Å². The van der Waals surface area contributed by atoms with Crippen molar-refractivity contribution in [2.24, 2.45) is 5.41 Å². The number of aromatic amines is 1. The molecule has 6 aromatic rings. The normalized spacial score (nSPS) is 15.8. The molecule has 7 rings (SSSR count). The summed E-state index contributed by atoms with van der Waals surface area (Å²) in [7, 11) is 1.66. The number of likely N-dealkylation sites (N-methyl/N-ethyl adjacent to an activating group) is 1. The molecule has 0 spiro atoms. The largest absolute Gasteiger partial charge is 0.379 e. The summed E-state index contributed by atoms with van der Waals surface area (Å²) < 4.78 is 39.2. The van der Waals surface area contributed by atoms with Gasteiger partial charge in [0.15, 0.2) is 0 Å². The van der Waals surface area contributed by atoms with E-state index >= 15 is 0 Å². The number of nitrogens with one attached hydrogen (secondary N) is 5. The molecule has 0 saturated carbocycles. The van der Waals surface area contributed by atoms with Crippen LogP contribution in [-0.2, 0) is 44.7 Å². The van der Waals surface area contributed by atoms with E-state index in [1.54, 1.807) is 49.5 Å². The lowest BCUT2D eigenvalue weighted by Crippen LogP contribution is -2.59. The predicted molar refractivity (Wildman–Crippen MR) is 287 cm³/mol. The quantitative estimate of drug-likeness (QED) is 0.0385. The van der Waals surface area contributed by atoms with Crippen LogP contribution in [0.1, 0.15) is 82.3 Å². The van der Waals surface area contributed by atoms with Gasteiger partial charge in [0.05, 0.1) is 90.3 Å². The van der Waals surface area contributed by atoms with E-state index in [1.165, 1.54) is 21.7 Å². The Bertz CT molecular complexity index is 2900. The highest BCUT2D eigenvalue weighted by atomic mass is 19.1. The van der Waals surface area contributed by atoms with Crippen LogP contribution in [0.15, 0.2) is 97.8 Å². The lowest BCUT2D eigenvalue weighted by molar-refractivity contribution is -0.144. The number of rotatable bonds is 28. The van der Waals surface area contributed by atoms with E-state index in [0.717, 1.165) is 38.8 Å². The summed E-state index contributed by atoms with van der Waals surface area (Å²) in [5, 5.41) is 21.6. The Hall–Kier alpha value is -7.17. The Morgan fingerprint density at radius 1 is 0.805 bits per heavy atom. The van der Waals surface area contributed by atoms with E-state index in [0.29, 0.717) is 51.6 Å². The van der Waals surface area contributed by atoms with E-state index in [-0.39, 0.29) is 81.1 Å². The summed E-state index contributed by atoms with van der Waals surface area (Å²) in [6, 6.07) is 14.9. The van der Waals surface area contributed by atoms with E-state index < -0.39 is 35.5 Å². The number of carbonyl (C=O) groups excluding carboxylic acids is 5. The van der Waals surface area contributed by atoms with Gasteiger partial charge in [0.2, 0.25) is 29.5 Å². The van der Waals surface area contributed by atoms with Crippen molar-refractivity contribution in [1.82, 2.24) is 55.7 Å². The number of aromatic nitrogens is 6. The molecule has 4 amide bonds. The number of benzene rings is 2. The van der Waals surface area contributed by atoms with Gasteiger partial charge in [-0.15, -0.1) is 0 Å². The van der Waals surface area contributed by atoms with Crippen molar-refractivity contribution in [2.45, 2.75) is 97.1 Å². The number of carbonyl (C=O) groups is 5. The molecule has 1 saturated heterocycles. The standard InChI is InChI=1S/C56H72FN11O9/c1-7-47(39-13-9-8-10-14-39)64-54(72)48-28-44(36-67(48)55(73)51(56(3,4)5)65-53(71)37(2)58-6)63-49(69)16-18-74-20-22-76-24-25-77-23-21-75-19-17-50(70)68-35-41(30-62-68)40-27-45-46(32-60-52(45)59-29-40)42-31-61-66(34-42)33-38-12-11-15-43(57)26-38/h8-15,26-27,29-32,34-35,37,44,47-48,51,58H,7,16-25,28,33,36H2,1-6H3,(H,59,60)(H,63,69)(H,64,72)(H,65,71)/t37-,44-,47+,48-,51+/m0/s1. The number of nitrogens with zero attached hydrogens (tertiary/aromatic N) is 6. The molecule has 1 aliphatic rings. The van der Waals surface area contributed by atoms with E-state index in [9.17, 15) is 28.4 Å². The van der Waals surface area contributed by atoms with Gasteiger partial charge in [-0.1, -0.05) is 70.2 Å². The Labute approximate surface area is 448 Å². The van der Waals surface area contributed by atoms with Gasteiger partial charge in [-0.3, -0.25) is 28.7 Å². The molecule has 21 heteroatoms. The third-order valence-corrected chi connectivity index (χ3v) is 13.3. The fraction of sp³-hybridized carbons (Fsp3) is 0.464. The van der Waals surface area contributed by atoms with Crippen LogP contribution < -0.4 is 21.3 Å². The number of hydrogen-bond acceptors (Lipinski definition) is 13. The summed E-state index contributed by atoms with van der Waals surface area (Å²) in [6.45, 7) is 11.9. The number of fused-ring (bicyclic) bond motifs is 1. The SMILES string of the molecule is CC[C@@H](NC(=O)[C@@H]1C[C@H](NC(=O)CCOCCOCCOCCOCCC(=O)n2cc(-c3cnc4[nH]cc(-c5cnn(Cc6cccc(F)c6)c5)c4c3)cn2)CN1C(=O)[C@@H](NC(=O)[C@H](C)NC)C(C)(C)C)c1ccccc1. The zero-order chi connectivity index (χ0) is 54.9. The minimum Gasteiger partial charge on any atom is -0.379 e. The van der Waals surface area contributed by atoms with Crippen LogP contribution in [0.4, 0.5) is 4.39 Å². The summed E-state index contributed by atoms with van der Waals surface area (Å²) >= 11 is 0. The van der Waals surface area contributed by atoms with Crippen LogP contribution >= 0.6 is 0 Å². The molecule has 5 heterocycles. The third kappa shape index (κ3) is 16.2. The second kappa shape index (κ2) is 27.7. The number of amides is 4.